The topological polar surface area (TPSA) is 51.0 Å². The Hall–Kier alpha value is -1.79. The largest absolute Gasteiger partial charge is 0.467 e. The van der Waals surface area contributed by atoms with Crippen LogP contribution in [-0.4, -0.2) is 10.2 Å². The van der Waals surface area contributed by atoms with E-state index < -0.39 is 0 Å². The Morgan fingerprint density at radius 2 is 2.19 bits per heavy atom. The Kier molecular flexibility index (Phi) is 4.57. The normalized spacial score (nSPS) is 10.7. The molecule has 4 nitrogen and oxygen atoms in total. The van der Waals surface area contributed by atoms with Gasteiger partial charge in [-0.2, -0.15) is 0 Å². The number of hydrogen-bond donors (Lipinski definition) is 1. The van der Waals surface area contributed by atoms with E-state index in [1.54, 1.807) is 29.4 Å². The molecule has 1 aromatic carbocycles. The highest BCUT2D eigenvalue weighted by Gasteiger charge is 2.06. The smallest absolute Gasteiger partial charge is 0.206 e. The molecule has 21 heavy (non-hydrogen) atoms. The molecule has 0 radical (unpaired) electrons. The molecule has 6 heteroatoms. The third kappa shape index (κ3) is 4.09. The van der Waals surface area contributed by atoms with Crippen molar-refractivity contribution in [3.63, 3.8) is 0 Å². The summed E-state index contributed by atoms with van der Waals surface area (Å²) in [6.07, 6.45) is 1.67. The first-order chi connectivity index (χ1) is 10.3. The van der Waals surface area contributed by atoms with Crippen LogP contribution in [-0.2, 0) is 12.3 Å². The fraction of sp³-hybridized carbons (Fsp3) is 0.200. The molecule has 3 aromatic rings. The maximum absolute atomic E-state index is 5.27. The van der Waals surface area contributed by atoms with Crippen LogP contribution < -0.4 is 5.32 Å². The lowest BCUT2D eigenvalue weighted by Gasteiger charge is -1.99. The average molecular weight is 317 g/mol. The summed E-state index contributed by atoms with van der Waals surface area (Å²) in [6.45, 7) is 2.74. The van der Waals surface area contributed by atoms with Crippen LogP contribution in [0.3, 0.4) is 0 Å². The Balaban J connectivity index is 1.53. The number of rotatable bonds is 6. The number of aromatic nitrogens is 2. The number of anilines is 1. The molecule has 3 rings (SSSR count). The van der Waals surface area contributed by atoms with Crippen molar-refractivity contribution < 1.29 is 4.42 Å². The minimum Gasteiger partial charge on any atom is -0.467 e. The second kappa shape index (κ2) is 6.78. The predicted molar refractivity (Wildman–Crippen MR) is 86.7 cm³/mol. The van der Waals surface area contributed by atoms with Crippen LogP contribution in [0.25, 0.3) is 0 Å². The lowest BCUT2D eigenvalue weighted by Crippen LogP contribution is -1.96. The minimum atomic E-state index is 0.629. The summed E-state index contributed by atoms with van der Waals surface area (Å²) in [5.74, 6) is 1.80. The molecule has 1 N–H and O–H groups in total. The lowest BCUT2D eigenvalue weighted by molar-refractivity contribution is 0.518. The summed E-state index contributed by atoms with van der Waals surface area (Å²) >= 11 is 3.27. The van der Waals surface area contributed by atoms with Crippen LogP contribution in [0.2, 0.25) is 0 Å². The van der Waals surface area contributed by atoms with Crippen molar-refractivity contribution in [2.24, 2.45) is 0 Å². The van der Waals surface area contributed by atoms with Crippen LogP contribution in [0.1, 0.15) is 16.9 Å². The fourth-order valence-electron chi connectivity index (χ4n) is 1.86. The van der Waals surface area contributed by atoms with E-state index in [-0.39, 0.29) is 0 Å². The number of benzene rings is 1. The molecule has 0 aliphatic heterocycles. The Morgan fingerprint density at radius 1 is 1.24 bits per heavy atom. The van der Waals surface area contributed by atoms with Crippen molar-refractivity contribution in [1.82, 2.24) is 10.2 Å². The second-order valence-electron chi connectivity index (χ2n) is 4.58. The Bertz CT molecular complexity index is 695. The second-order valence-corrected chi connectivity index (χ2v) is 6.78. The molecule has 0 aliphatic carbocycles. The molecule has 108 valence electrons. The monoisotopic (exact) mass is 317 g/mol. The van der Waals surface area contributed by atoms with E-state index in [0.717, 1.165) is 21.0 Å². The standard InChI is InChI=1S/C15H15N3OS2/c1-11-4-2-5-12(8-11)10-20-15-18-17-14(21-15)16-9-13-6-3-7-19-13/h2-8H,9-10H2,1H3,(H,16,17). The quantitative estimate of drug-likeness (QED) is 0.685. The first-order valence-electron chi connectivity index (χ1n) is 6.58. The molecule has 0 unspecified atom stereocenters. The molecule has 0 bridgehead atoms. The van der Waals surface area contributed by atoms with Crippen molar-refractivity contribution in [3.05, 3.63) is 59.5 Å². The summed E-state index contributed by atoms with van der Waals surface area (Å²) in [7, 11) is 0. The van der Waals surface area contributed by atoms with Gasteiger partial charge in [-0.3, -0.25) is 0 Å². The molecule has 0 spiro atoms. The molecule has 2 heterocycles. The van der Waals surface area contributed by atoms with E-state index >= 15 is 0 Å². The van der Waals surface area contributed by atoms with Gasteiger partial charge < -0.3 is 9.73 Å². The summed E-state index contributed by atoms with van der Waals surface area (Å²) in [6, 6.07) is 12.3. The van der Waals surface area contributed by atoms with E-state index in [1.807, 2.05) is 12.1 Å². The first kappa shape index (κ1) is 14.2. The SMILES string of the molecule is Cc1cccc(CSc2nnc(NCc3ccco3)s2)c1. The van der Waals surface area contributed by atoms with Gasteiger partial charge in [0.25, 0.3) is 0 Å². The summed E-state index contributed by atoms with van der Waals surface area (Å²) in [5.41, 5.74) is 2.59. The first-order valence-corrected chi connectivity index (χ1v) is 8.38. The molecule has 0 aliphatic rings. The minimum absolute atomic E-state index is 0.629. The molecule has 2 aromatic heterocycles. The number of thioether (sulfide) groups is 1. The molecular formula is C15H15N3OS2. The van der Waals surface area contributed by atoms with Gasteiger partial charge in [-0.05, 0) is 24.6 Å². The molecule has 0 saturated carbocycles. The Morgan fingerprint density at radius 3 is 3.00 bits per heavy atom. The molecule has 0 fully saturated rings. The molecule has 0 saturated heterocycles. The van der Waals surface area contributed by atoms with Gasteiger partial charge in [0.2, 0.25) is 5.13 Å². The van der Waals surface area contributed by atoms with Crippen LogP contribution in [0, 0.1) is 6.92 Å². The van der Waals surface area contributed by atoms with Crippen LogP contribution >= 0.6 is 23.1 Å². The molecular weight excluding hydrogens is 302 g/mol. The average Bonchev–Trinajstić information content (AvgIpc) is 3.15. The zero-order chi connectivity index (χ0) is 14.5. The summed E-state index contributed by atoms with van der Waals surface area (Å²) < 4.78 is 6.24. The molecule has 0 amide bonds. The van der Waals surface area contributed by atoms with Gasteiger partial charge in [-0.15, -0.1) is 10.2 Å². The van der Waals surface area contributed by atoms with Gasteiger partial charge in [0.15, 0.2) is 4.34 Å². The van der Waals surface area contributed by atoms with Gasteiger partial charge in [0.1, 0.15) is 5.76 Å². The summed E-state index contributed by atoms with van der Waals surface area (Å²) in [4.78, 5) is 0. The number of nitrogens with one attached hydrogen (secondary N) is 1. The molecule has 0 atom stereocenters. The summed E-state index contributed by atoms with van der Waals surface area (Å²) in [5, 5.41) is 12.4. The van der Waals surface area contributed by atoms with E-state index in [1.165, 1.54) is 11.1 Å². The van der Waals surface area contributed by atoms with Gasteiger partial charge in [0, 0.05) is 5.75 Å². The number of furan rings is 1. The lowest BCUT2D eigenvalue weighted by atomic mass is 10.2. The zero-order valence-corrected chi connectivity index (χ0v) is 13.2. The van der Waals surface area contributed by atoms with Crippen molar-refractivity contribution in [3.8, 4) is 0 Å². The number of hydrogen-bond acceptors (Lipinski definition) is 6. The van der Waals surface area contributed by atoms with E-state index in [9.17, 15) is 0 Å². The van der Waals surface area contributed by atoms with Crippen molar-refractivity contribution >= 4 is 28.2 Å². The van der Waals surface area contributed by atoms with Crippen molar-refractivity contribution in [1.29, 1.82) is 0 Å². The highest BCUT2D eigenvalue weighted by molar-refractivity contribution is 8.00. The van der Waals surface area contributed by atoms with E-state index in [0.29, 0.717) is 6.54 Å². The fourth-order valence-corrected chi connectivity index (χ4v) is 3.55. The van der Waals surface area contributed by atoms with Crippen molar-refractivity contribution in [2.75, 3.05) is 5.32 Å². The highest BCUT2D eigenvalue weighted by atomic mass is 32.2. The number of nitrogens with zero attached hydrogens (tertiary/aromatic N) is 2. The maximum atomic E-state index is 5.27. The third-order valence-corrected chi connectivity index (χ3v) is 4.93. The predicted octanol–water partition coefficient (Wildman–Crippen LogP) is 4.34. The van der Waals surface area contributed by atoms with Gasteiger partial charge in [-0.25, -0.2) is 0 Å². The Labute approximate surface area is 131 Å². The van der Waals surface area contributed by atoms with Crippen LogP contribution in [0.5, 0.6) is 0 Å². The van der Waals surface area contributed by atoms with Gasteiger partial charge in [-0.1, -0.05) is 52.9 Å². The zero-order valence-electron chi connectivity index (χ0n) is 11.6. The van der Waals surface area contributed by atoms with Gasteiger partial charge >= 0.3 is 0 Å². The van der Waals surface area contributed by atoms with Crippen molar-refractivity contribution in [2.45, 2.75) is 23.6 Å². The van der Waals surface area contributed by atoms with Gasteiger partial charge in [0.05, 0.1) is 12.8 Å². The van der Waals surface area contributed by atoms with Crippen LogP contribution in [0.4, 0.5) is 5.13 Å². The number of aryl methyl sites for hydroxylation is 1. The van der Waals surface area contributed by atoms with E-state index in [4.69, 9.17) is 4.42 Å². The third-order valence-electron chi connectivity index (χ3n) is 2.85. The van der Waals surface area contributed by atoms with Crippen LogP contribution in [0.15, 0.2) is 51.4 Å². The maximum Gasteiger partial charge on any atom is 0.206 e. The highest BCUT2D eigenvalue weighted by Crippen LogP contribution is 2.28. The van der Waals surface area contributed by atoms with E-state index in [2.05, 4.69) is 46.7 Å².